The average Bonchev–Trinajstić information content (AvgIpc) is 2.50. The molecule has 0 spiro atoms. The summed E-state index contributed by atoms with van der Waals surface area (Å²) in [7, 11) is 1.68. The molecule has 0 saturated carbocycles. The molecule has 0 aliphatic carbocycles. The van der Waals surface area contributed by atoms with E-state index < -0.39 is 0 Å². The molecule has 108 valence electrons. The largest absolute Gasteiger partial charge is 0.497 e. The van der Waals surface area contributed by atoms with Crippen LogP contribution < -0.4 is 10.1 Å². The maximum atomic E-state index is 5.83. The van der Waals surface area contributed by atoms with Crippen LogP contribution in [0, 0.1) is 5.92 Å². The number of hydrogen-bond donors (Lipinski definition) is 1. The second-order valence-corrected chi connectivity index (χ2v) is 5.26. The van der Waals surface area contributed by atoms with Crippen molar-refractivity contribution in [3.05, 3.63) is 30.5 Å². The number of aromatic nitrogens is 1. The van der Waals surface area contributed by atoms with E-state index in [4.69, 9.17) is 16.3 Å². The van der Waals surface area contributed by atoms with Crippen molar-refractivity contribution in [2.75, 3.05) is 24.9 Å². The summed E-state index contributed by atoms with van der Waals surface area (Å²) in [4.78, 5) is 4.44. The Morgan fingerprint density at radius 2 is 2.20 bits per heavy atom. The van der Waals surface area contributed by atoms with Gasteiger partial charge in [0.25, 0.3) is 0 Å². The van der Waals surface area contributed by atoms with Crippen molar-refractivity contribution in [3.8, 4) is 5.75 Å². The average molecular weight is 293 g/mol. The molecular weight excluding hydrogens is 272 g/mol. The normalized spacial score (nSPS) is 12.3. The second kappa shape index (κ2) is 7.34. The molecule has 0 amide bonds. The quantitative estimate of drug-likeness (QED) is 0.772. The van der Waals surface area contributed by atoms with Gasteiger partial charge >= 0.3 is 0 Å². The monoisotopic (exact) mass is 292 g/mol. The van der Waals surface area contributed by atoms with E-state index in [0.29, 0.717) is 11.8 Å². The van der Waals surface area contributed by atoms with Crippen molar-refractivity contribution < 1.29 is 4.74 Å². The molecule has 1 N–H and O–H groups in total. The Kier molecular flexibility index (Phi) is 5.48. The van der Waals surface area contributed by atoms with Gasteiger partial charge in [-0.2, -0.15) is 0 Å². The van der Waals surface area contributed by atoms with E-state index in [9.17, 15) is 0 Å². The van der Waals surface area contributed by atoms with Gasteiger partial charge in [-0.15, -0.1) is 11.6 Å². The molecule has 1 unspecified atom stereocenters. The lowest BCUT2D eigenvalue weighted by Gasteiger charge is -2.16. The van der Waals surface area contributed by atoms with Crippen LogP contribution in [0.2, 0.25) is 0 Å². The number of methoxy groups -OCH3 is 1. The van der Waals surface area contributed by atoms with Crippen molar-refractivity contribution in [3.63, 3.8) is 0 Å². The molecule has 3 nitrogen and oxygen atoms in total. The number of nitrogens with one attached hydrogen (secondary N) is 1. The number of halogens is 1. The van der Waals surface area contributed by atoms with Crippen molar-refractivity contribution >= 4 is 28.2 Å². The highest BCUT2D eigenvalue weighted by molar-refractivity contribution is 6.17. The fraction of sp³-hybridized carbons (Fsp3) is 0.438. The molecule has 1 heterocycles. The van der Waals surface area contributed by atoms with E-state index in [1.807, 2.05) is 30.5 Å². The number of nitrogens with zero attached hydrogens (tertiary/aromatic N) is 1. The Morgan fingerprint density at radius 1 is 1.35 bits per heavy atom. The molecule has 0 radical (unpaired) electrons. The van der Waals surface area contributed by atoms with Crippen molar-refractivity contribution in [1.29, 1.82) is 0 Å². The number of fused-ring (bicyclic) bond motifs is 1. The number of benzene rings is 1. The molecule has 0 fully saturated rings. The molecule has 0 aliphatic rings. The molecule has 4 heteroatoms. The summed E-state index contributed by atoms with van der Waals surface area (Å²) in [5, 5.41) is 5.70. The molecular formula is C16H21ClN2O. The molecule has 2 rings (SSSR count). The van der Waals surface area contributed by atoms with Crippen LogP contribution in [0.4, 0.5) is 5.82 Å². The van der Waals surface area contributed by atoms with Gasteiger partial charge in [0, 0.05) is 24.0 Å². The van der Waals surface area contributed by atoms with Gasteiger partial charge < -0.3 is 10.1 Å². The van der Waals surface area contributed by atoms with Gasteiger partial charge in [0.1, 0.15) is 11.6 Å². The minimum atomic E-state index is 0.586. The molecule has 20 heavy (non-hydrogen) atoms. The third-order valence-corrected chi connectivity index (χ3v) is 3.84. The van der Waals surface area contributed by atoms with Gasteiger partial charge in [-0.25, -0.2) is 4.98 Å². The summed E-state index contributed by atoms with van der Waals surface area (Å²) < 4.78 is 5.25. The fourth-order valence-corrected chi connectivity index (χ4v) is 2.58. The molecule has 1 atom stereocenters. The SMILES string of the molecule is CCC(CCCl)CNc1nccc2cc(OC)ccc12. The highest BCUT2D eigenvalue weighted by atomic mass is 35.5. The number of alkyl halides is 1. The molecule has 0 saturated heterocycles. The number of anilines is 1. The van der Waals surface area contributed by atoms with Crippen LogP contribution in [-0.2, 0) is 0 Å². The van der Waals surface area contributed by atoms with Gasteiger partial charge in [0.05, 0.1) is 7.11 Å². The van der Waals surface area contributed by atoms with Crippen molar-refractivity contribution in [1.82, 2.24) is 4.98 Å². The van der Waals surface area contributed by atoms with Gasteiger partial charge in [-0.3, -0.25) is 0 Å². The number of hydrogen-bond acceptors (Lipinski definition) is 3. The van der Waals surface area contributed by atoms with E-state index in [0.717, 1.165) is 41.7 Å². The summed E-state index contributed by atoms with van der Waals surface area (Å²) in [5.41, 5.74) is 0. The lowest BCUT2D eigenvalue weighted by atomic mass is 10.0. The van der Waals surface area contributed by atoms with Gasteiger partial charge in [-0.1, -0.05) is 13.3 Å². The topological polar surface area (TPSA) is 34.2 Å². The predicted octanol–water partition coefficient (Wildman–Crippen LogP) is 4.31. The zero-order valence-corrected chi connectivity index (χ0v) is 12.8. The highest BCUT2D eigenvalue weighted by Gasteiger charge is 2.08. The van der Waals surface area contributed by atoms with Crippen LogP contribution in [0.5, 0.6) is 5.75 Å². The lowest BCUT2D eigenvalue weighted by Crippen LogP contribution is -2.15. The Morgan fingerprint density at radius 3 is 2.90 bits per heavy atom. The van der Waals surface area contributed by atoms with E-state index in [1.54, 1.807) is 7.11 Å². The molecule has 0 bridgehead atoms. The first-order chi connectivity index (χ1) is 9.78. The standard InChI is InChI=1S/C16H21ClN2O/c1-3-12(6-8-17)11-19-16-15-5-4-14(20-2)10-13(15)7-9-18-16/h4-5,7,9-10,12H,3,6,8,11H2,1-2H3,(H,18,19). The Labute approximate surface area is 125 Å². The summed E-state index contributed by atoms with van der Waals surface area (Å²) in [6.07, 6.45) is 3.98. The third kappa shape index (κ3) is 3.54. The first kappa shape index (κ1) is 14.9. The third-order valence-electron chi connectivity index (χ3n) is 3.62. The van der Waals surface area contributed by atoms with Gasteiger partial charge in [0.2, 0.25) is 0 Å². The van der Waals surface area contributed by atoms with Crippen LogP contribution in [0.25, 0.3) is 10.8 Å². The molecule has 0 aliphatic heterocycles. The van der Waals surface area contributed by atoms with E-state index in [1.165, 1.54) is 0 Å². The summed E-state index contributed by atoms with van der Waals surface area (Å²) in [6, 6.07) is 8.04. The van der Waals surface area contributed by atoms with Crippen LogP contribution >= 0.6 is 11.6 Å². The fourth-order valence-electron chi connectivity index (χ4n) is 2.27. The first-order valence-electron chi connectivity index (χ1n) is 7.01. The van der Waals surface area contributed by atoms with Crippen LogP contribution in [0.3, 0.4) is 0 Å². The lowest BCUT2D eigenvalue weighted by molar-refractivity contribution is 0.415. The summed E-state index contributed by atoms with van der Waals surface area (Å²) in [6.45, 7) is 3.10. The smallest absolute Gasteiger partial charge is 0.133 e. The minimum absolute atomic E-state index is 0.586. The maximum absolute atomic E-state index is 5.83. The van der Waals surface area contributed by atoms with Crippen molar-refractivity contribution in [2.45, 2.75) is 19.8 Å². The molecule has 1 aromatic carbocycles. The number of ether oxygens (including phenoxy) is 1. The Bertz CT molecular complexity index is 559. The van der Waals surface area contributed by atoms with E-state index >= 15 is 0 Å². The second-order valence-electron chi connectivity index (χ2n) is 4.88. The van der Waals surface area contributed by atoms with E-state index in [2.05, 4.69) is 17.2 Å². The zero-order chi connectivity index (χ0) is 14.4. The Hall–Kier alpha value is -1.48. The van der Waals surface area contributed by atoms with E-state index in [-0.39, 0.29) is 0 Å². The minimum Gasteiger partial charge on any atom is -0.497 e. The summed E-state index contributed by atoms with van der Waals surface area (Å²) >= 11 is 5.83. The Balaban J connectivity index is 2.17. The maximum Gasteiger partial charge on any atom is 0.133 e. The van der Waals surface area contributed by atoms with Crippen LogP contribution in [0.15, 0.2) is 30.5 Å². The predicted molar refractivity (Wildman–Crippen MR) is 85.9 cm³/mol. The first-order valence-corrected chi connectivity index (χ1v) is 7.54. The van der Waals surface area contributed by atoms with Crippen molar-refractivity contribution in [2.24, 2.45) is 5.92 Å². The summed E-state index contributed by atoms with van der Waals surface area (Å²) in [5.74, 6) is 3.09. The highest BCUT2D eigenvalue weighted by Crippen LogP contribution is 2.25. The zero-order valence-electron chi connectivity index (χ0n) is 12.0. The van der Waals surface area contributed by atoms with Gasteiger partial charge in [-0.05, 0) is 42.0 Å². The van der Waals surface area contributed by atoms with Crippen LogP contribution in [-0.4, -0.2) is 24.5 Å². The number of pyridine rings is 1. The number of rotatable bonds is 7. The van der Waals surface area contributed by atoms with Crippen LogP contribution in [0.1, 0.15) is 19.8 Å². The van der Waals surface area contributed by atoms with Gasteiger partial charge in [0.15, 0.2) is 0 Å². The molecule has 2 aromatic rings. The molecule has 1 aromatic heterocycles.